The fourth-order valence-corrected chi connectivity index (χ4v) is 13.4. The third-order valence-corrected chi connectivity index (χ3v) is 18.2. The average molecular weight is 1120 g/mol. The van der Waals surface area contributed by atoms with E-state index in [9.17, 15) is 69.5 Å². The normalized spacial score (nSPS) is 15.6. The molecule has 0 aromatic heterocycles. The molecule has 0 atom stereocenters. The summed E-state index contributed by atoms with van der Waals surface area (Å²) in [6, 6.07) is 9.87. The minimum Gasteiger partial charge on any atom is -0.481 e. The summed E-state index contributed by atoms with van der Waals surface area (Å²) in [4.78, 5) is 10.4. The number of fused-ring (bicyclic) bond motifs is 4. The zero-order chi connectivity index (χ0) is 54.2. The first-order valence-corrected chi connectivity index (χ1v) is 30.7. The molecule has 0 unspecified atom stereocenters. The lowest BCUT2D eigenvalue weighted by Gasteiger charge is -2.30. The summed E-state index contributed by atoms with van der Waals surface area (Å²) in [6.45, 7) is 11.9. The van der Waals surface area contributed by atoms with Gasteiger partial charge in [0, 0.05) is 59.0 Å². The van der Waals surface area contributed by atoms with Crippen LogP contribution in [0.25, 0.3) is 21.5 Å². The molecule has 0 fully saturated rings. The molecule has 7 N–H and O–H groups in total. The van der Waals surface area contributed by atoms with Crippen LogP contribution in [-0.4, -0.2) is 111 Å². The van der Waals surface area contributed by atoms with E-state index in [2.05, 4.69) is 6.58 Å². The lowest BCUT2D eigenvalue weighted by atomic mass is 9.74. The molecule has 21 nitrogen and oxygen atoms in total. The topological polar surface area (TPSA) is 350 Å². The maximum absolute atomic E-state index is 13.5. The monoisotopic (exact) mass is 1120 g/mol. The summed E-state index contributed by atoms with van der Waals surface area (Å²) in [5, 5.41) is 9.39. The number of anilines is 1. The predicted octanol–water partition coefficient (Wildman–Crippen LogP) is 5.40. The number of aryl methyl sites for hydroxylation is 1. The van der Waals surface area contributed by atoms with Crippen molar-refractivity contribution < 1.29 is 78.6 Å². The Kier molecular flexibility index (Phi) is 17.0. The summed E-state index contributed by atoms with van der Waals surface area (Å²) in [5.74, 6) is -2.92. The van der Waals surface area contributed by atoms with Gasteiger partial charge in [0.1, 0.15) is 9.79 Å². The van der Waals surface area contributed by atoms with Gasteiger partial charge in [-0.1, -0.05) is 83.2 Å². The molecule has 0 saturated heterocycles. The summed E-state index contributed by atoms with van der Waals surface area (Å²) in [6.07, 6.45) is 9.73. The van der Waals surface area contributed by atoms with Crippen LogP contribution in [0, 0.1) is 6.92 Å². The number of hydrogen-bond acceptors (Lipinski definition) is 14. The number of carbonyl (C=O) groups is 1. The molecule has 4 aromatic rings. The largest absolute Gasteiger partial charge is 0.481 e. The van der Waals surface area contributed by atoms with Gasteiger partial charge in [-0.25, -0.2) is 26.3 Å². The number of nitrogens with zero attached hydrogens (tertiary/aromatic N) is 1. The molecular formula is C45H55N3O18S6. The van der Waals surface area contributed by atoms with E-state index in [1.807, 2.05) is 14.3 Å². The summed E-state index contributed by atoms with van der Waals surface area (Å²) in [7, 11) is -28.5. The lowest BCUT2D eigenvalue weighted by Crippen LogP contribution is -2.29. The maximum atomic E-state index is 13.5. The number of sulfonamides is 2. The highest BCUT2D eigenvalue weighted by Crippen LogP contribution is 2.52. The van der Waals surface area contributed by atoms with Gasteiger partial charge in [-0.05, 0) is 89.2 Å². The number of benzene rings is 4. The van der Waals surface area contributed by atoms with E-state index in [4.69, 9.17) is 9.11 Å². The first kappa shape index (κ1) is 58.0. The number of carboxylic acids is 1. The molecule has 394 valence electrons. The smallest absolute Gasteiger partial charge is 0.303 e. The predicted molar refractivity (Wildman–Crippen MR) is 270 cm³/mol. The molecular weight excluding hydrogens is 1060 g/mol. The first-order valence-electron chi connectivity index (χ1n) is 21.7. The Balaban J connectivity index is 1.58. The number of hydrogen-bond donors (Lipinski definition) is 7. The standard InChI is InChI=1S/C45H55N3O18S6/c1-29-16-17-33-35(25-31(27-38(33)71(61,62)63)69(57,58)46-20-23-67(51,52)53)42(29)44(3,4)30(2)13-9-7-10-14-40-45(5,6)43-36-26-32(70(59,60)47-21-24-68(54,55)56)28-39(72(64,65)66)34(36)18-19-37(43)48(40)22-12-8-11-15-41(49)50/h7,9-10,13-14,16-19,25-28,46-47H,2,8,11-12,15,20-24H2,1,3-6H3,(H,49,50)(H,51,52,53)(H,54,55,56)(H,61,62,63)(H,64,65,66)/b10-7+,13-9+,40-14+. The van der Waals surface area contributed by atoms with Crippen LogP contribution in [0.5, 0.6) is 0 Å². The van der Waals surface area contributed by atoms with Crippen LogP contribution in [0.4, 0.5) is 5.69 Å². The van der Waals surface area contributed by atoms with Crippen molar-refractivity contribution in [3.05, 3.63) is 113 Å². The Bertz CT molecular complexity index is 3660. The molecule has 0 bridgehead atoms. The third kappa shape index (κ3) is 13.4. The number of allylic oxidation sites excluding steroid dienone is 7. The van der Waals surface area contributed by atoms with Gasteiger partial charge < -0.3 is 10.0 Å². The molecule has 0 radical (unpaired) electrons. The van der Waals surface area contributed by atoms with Gasteiger partial charge in [0.15, 0.2) is 0 Å². The second-order valence-corrected chi connectivity index (χ2v) is 27.5. The maximum Gasteiger partial charge on any atom is 0.303 e. The Hall–Kier alpha value is -4.91. The molecule has 0 saturated carbocycles. The minimum absolute atomic E-state index is 0.0230. The Labute approximate surface area is 419 Å². The van der Waals surface area contributed by atoms with Crippen LogP contribution >= 0.6 is 0 Å². The molecule has 0 spiro atoms. The summed E-state index contributed by atoms with van der Waals surface area (Å²) >= 11 is 0. The summed E-state index contributed by atoms with van der Waals surface area (Å²) < 4.78 is 193. The Morgan fingerprint density at radius 1 is 0.681 bits per heavy atom. The minimum atomic E-state index is -5.07. The van der Waals surface area contributed by atoms with Gasteiger partial charge in [0.05, 0.1) is 21.3 Å². The molecule has 1 aliphatic heterocycles. The highest BCUT2D eigenvalue weighted by atomic mass is 32.2. The third-order valence-electron chi connectivity index (χ3n) is 12.1. The van der Waals surface area contributed by atoms with Crippen LogP contribution in [0.2, 0.25) is 0 Å². The first-order chi connectivity index (χ1) is 32.9. The number of nitrogens with one attached hydrogen (secondary N) is 2. The second kappa shape index (κ2) is 21.1. The van der Waals surface area contributed by atoms with E-state index in [-0.39, 0.29) is 28.0 Å². The fourth-order valence-electron chi connectivity index (χ4n) is 8.68. The van der Waals surface area contributed by atoms with Crippen LogP contribution in [0.1, 0.15) is 70.1 Å². The Morgan fingerprint density at radius 2 is 1.18 bits per heavy atom. The van der Waals surface area contributed by atoms with Gasteiger partial charge in [-0.3, -0.25) is 23.0 Å². The highest BCUT2D eigenvalue weighted by Gasteiger charge is 2.42. The molecule has 5 rings (SSSR count). The molecule has 0 aliphatic carbocycles. The van der Waals surface area contributed by atoms with Gasteiger partial charge in [-0.2, -0.15) is 33.7 Å². The van der Waals surface area contributed by atoms with E-state index in [0.29, 0.717) is 59.5 Å². The fraction of sp³-hybridized carbons (Fsp3) is 0.356. The Morgan fingerprint density at radius 3 is 1.68 bits per heavy atom. The zero-order valence-corrected chi connectivity index (χ0v) is 44.4. The van der Waals surface area contributed by atoms with Crippen LogP contribution in [0.15, 0.2) is 116 Å². The van der Waals surface area contributed by atoms with E-state index >= 15 is 0 Å². The zero-order valence-electron chi connectivity index (χ0n) is 39.5. The molecule has 1 aliphatic rings. The molecule has 0 amide bonds. The molecule has 4 aromatic carbocycles. The molecule has 1 heterocycles. The van der Waals surface area contributed by atoms with Crippen molar-refractivity contribution >= 4 is 93.7 Å². The molecule has 72 heavy (non-hydrogen) atoms. The number of aliphatic carboxylic acids is 1. The quantitative estimate of drug-likeness (QED) is 0.0278. The van der Waals surface area contributed by atoms with Crippen LogP contribution < -0.4 is 14.3 Å². The number of rotatable bonds is 23. The van der Waals surface area contributed by atoms with Crippen LogP contribution in [0.3, 0.4) is 0 Å². The van der Waals surface area contributed by atoms with Crippen molar-refractivity contribution in [2.45, 2.75) is 90.7 Å². The van der Waals surface area contributed by atoms with E-state index in [1.165, 1.54) is 24.3 Å². The van der Waals surface area contributed by atoms with Crippen molar-refractivity contribution in [2.24, 2.45) is 0 Å². The number of carboxylic acid groups (broad SMARTS) is 1. The van der Waals surface area contributed by atoms with E-state index in [0.717, 1.165) is 12.1 Å². The van der Waals surface area contributed by atoms with Crippen molar-refractivity contribution in [1.29, 1.82) is 0 Å². The van der Waals surface area contributed by atoms with E-state index < -0.39 is 121 Å². The van der Waals surface area contributed by atoms with E-state index in [1.54, 1.807) is 77.1 Å². The van der Waals surface area contributed by atoms with Gasteiger partial charge >= 0.3 is 5.97 Å². The van der Waals surface area contributed by atoms with Crippen molar-refractivity contribution in [3.8, 4) is 0 Å². The second-order valence-electron chi connectivity index (χ2n) is 18.0. The molecule has 27 heteroatoms. The SMILES string of the molecule is C=C(/C=C/C=C/C=C1/N(CCCCCC(=O)O)c2ccc3c(S(=O)(=O)O)cc(S(=O)(=O)NCCS(=O)(=O)O)cc3c2C1(C)C)C(C)(C)c1c(C)ccc2c(S(=O)(=O)O)cc(S(=O)(=O)NCCS(=O)(=O)O)cc12. The lowest BCUT2D eigenvalue weighted by molar-refractivity contribution is -0.137. The summed E-state index contributed by atoms with van der Waals surface area (Å²) in [5.41, 5.74) is 0.992. The van der Waals surface area contributed by atoms with Gasteiger partial charge in [0.25, 0.3) is 40.5 Å². The van der Waals surface area contributed by atoms with Crippen LogP contribution in [-0.2, 0) is 76.1 Å². The van der Waals surface area contributed by atoms with Crippen molar-refractivity contribution in [3.63, 3.8) is 0 Å². The van der Waals surface area contributed by atoms with Gasteiger partial charge in [0.2, 0.25) is 20.0 Å². The number of unbranched alkanes of at least 4 members (excludes halogenated alkanes) is 2. The van der Waals surface area contributed by atoms with Crippen molar-refractivity contribution in [2.75, 3.05) is 36.0 Å². The van der Waals surface area contributed by atoms with Crippen molar-refractivity contribution in [1.82, 2.24) is 9.44 Å². The average Bonchev–Trinajstić information content (AvgIpc) is 3.44. The highest BCUT2D eigenvalue weighted by molar-refractivity contribution is 7.90. The van der Waals surface area contributed by atoms with Gasteiger partial charge in [-0.15, -0.1) is 0 Å².